The molecule has 1 aliphatic heterocycles. The van der Waals surface area contributed by atoms with Gasteiger partial charge in [0.2, 0.25) is 0 Å². The number of hydrogen-bond acceptors (Lipinski definition) is 5. The molecule has 6 heteroatoms. The molecule has 1 aromatic carbocycles. The predicted octanol–water partition coefficient (Wildman–Crippen LogP) is 3.90. The van der Waals surface area contributed by atoms with Gasteiger partial charge in [-0.2, -0.15) is 0 Å². The standard InChI is InChI=1S/C20H19N3O2S/c24-19(22-16-7-4-8-21-14-16)18-13-17(15-5-2-1-3-6-15)20(26-18)23-9-11-25-12-10-23/h1-8,13-14H,9-12H2,(H,22,24). The van der Waals surface area contributed by atoms with Gasteiger partial charge in [0.25, 0.3) is 5.91 Å². The Morgan fingerprint density at radius 1 is 1.12 bits per heavy atom. The summed E-state index contributed by atoms with van der Waals surface area (Å²) in [5, 5.41) is 4.04. The maximum atomic E-state index is 12.7. The van der Waals surface area contributed by atoms with Gasteiger partial charge in [-0.1, -0.05) is 30.3 Å². The molecule has 1 amide bonds. The number of nitrogens with one attached hydrogen (secondary N) is 1. The average Bonchev–Trinajstić information content (AvgIpc) is 3.16. The number of rotatable bonds is 4. The molecule has 3 aromatic rings. The van der Waals surface area contributed by atoms with Crippen molar-refractivity contribution >= 4 is 27.9 Å². The molecule has 1 saturated heterocycles. The molecule has 2 aromatic heterocycles. The summed E-state index contributed by atoms with van der Waals surface area (Å²) < 4.78 is 5.48. The van der Waals surface area contributed by atoms with E-state index in [1.54, 1.807) is 18.5 Å². The Hall–Kier alpha value is -2.70. The Morgan fingerprint density at radius 3 is 2.65 bits per heavy atom. The maximum Gasteiger partial charge on any atom is 0.265 e. The van der Waals surface area contributed by atoms with Crippen LogP contribution in [0.15, 0.2) is 60.9 Å². The van der Waals surface area contributed by atoms with Crippen LogP contribution in [0.1, 0.15) is 9.67 Å². The molecule has 0 radical (unpaired) electrons. The number of pyridine rings is 1. The number of benzene rings is 1. The van der Waals surface area contributed by atoms with Crippen molar-refractivity contribution in [2.45, 2.75) is 0 Å². The van der Waals surface area contributed by atoms with Gasteiger partial charge in [0.15, 0.2) is 0 Å². The molecule has 0 spiro atoms. The summed E-state index contributed by atoms with van der Waals surface area (Å²) in [5.74, 6) is -0.111. The zero-order chi connectivity index (χ0) is 17.8. The van der Waals surface area contributed by atoms with E-state index < -0.39 is 0 Å². The zero-order valence-electron chi connectivity index (χ0n) is 14.2. The lowest BCUT2D eigenvalue weighted by Crippen LogP contribution is -2.35. The number of carbonyl (C=O) groups excluding carboxylic acids is 1. The van der Waals surface area contributed by atoms with Crippen molar-refractivity contribution in [3.05, 3.63) is 65.8 Å². The molecular formula is C20H19N3O2S. The van der Waals surface area contributed by atoms with Gasteiger partial charge >= 0.3 is 0 Å². The number of carbonyl (C=O) groups is 1. The summed E-state index contributed by atoms with van der Waals surface area (Å²) in [6.07, 6.45) is 3.33. The van der Waals surface area contributed by atoms with Gasteiger partial charge in [0, 0.05) is 24.8 Å². The molecule has 0 aliphatic carbocycles. The van der Waals surface area contributed by atoms with Crippen molar-refractivity contribution in [3.8, 4) is 11.1 Å². The second-order valence-electron chi connectivity index (χ2n) is 5.99. The van der Waals surface area contributed by atoms with Gasteiger partial charge in [-0.15, -0.1) is 11.3 Å². The third-order valence-electron chi connectivity index (χ3n) is 4.24. The molecule has 1 N–H and O–H groups in total. The van der Waals surface area contributed by atoms with E-state index in [0.29, 0.717) is 23.8 Å². The SMILES string of the molecule is O=C(Nc1cccnc1)c1cc(-c2ccccc2)c(N2CCOCC2)s1. The van der Waals surface area contributed by atoms with Gasteiger partial charge in [-0.25, -0.2) is 0 Å². The fourth-order valence-electron chi connectivity index (χ4n) is 2.95. The number of anilines is 2. The van der Waals surface area contributed by atoms with E-state index in [4.69, 9.17) is 4.74 Å². The highest BCUT2D eigenvalue weighted by atomic mass is 32.1. The van der Waals surface area contributed by atoms with E-state index in [2.05, 4.69) is 27.3 Å². The molecule has 1 aliphatic rings. The lowest BCUT2D eigenvalue weighted by atomic mass is 10.1. The number of thiophene rings is 1. The van der Waals surface area contributed by atoms with Crippen LogP contribution in [-0.4, -0.2) is 37.2 Å². The Bertz CT molecular complexity index is 875. The normalized spacial score (nSPS) is 14.2. The average molecular weight is 365 g/mol. The van der Waals surface area contributed by atoms with Crippen molar-refractivity contribution < 1.29 is 9.53 Å². The van der Waals surface area contributed by atoms with Crippen LogP contribution in [0, 0.1) is 0 Å². The van der Waals surface area contributed by atoms with Gasteiger partial charge < -0.3 is 15.0 Å². The minimum atomic E-state index is -0.111. The van der Waals surface area contributed by atoms with Crippen LogP contribution < -0.4 is 10.2 Å². The summed E-state index contributed by atoms with van der Waals surface area (Å²) in [6, 6.07) is 15.8. The van der Waals surface area contributed by atoms with E-state index >= 15 is 0 Å². The Morgan fingerprint density at radius 2 is 1.92 bits per heavy atom. The first-order chi connectivity index (χ1) is 12.8. The second kappa shape index (κ2) is 7.68. The van der Waals surface area contributed by atoms with Crippen molar-refractivity contribution in [1.29, 1.82) is 0 Å². The highest BCUT2D eigenvalue weighted by Crippen LogP contribution is 2.39. The number of hydrogen-bond donors (Lipinski definition) is 1. The monoisotopic (exact) mass is 365 g/mol. The van der Waals surface area contributed by atoms with Crippen molar-refractivity contribution in [1.82, 2.24) is 4.98 Å². The van der Waals surface area contributed by atoms with Gasteiger partial charge in [0.05, 0.1) is 35.0 Å². The number of aromatic nitrogens is 1. The number of nitrogens with zero attached hydrogens (tertiary/aromatic N) is 2. The molecule has 4 rings (SSSR count). The molecule has 1 fully saturated rings. The fraction of sp³-hybridized carbons (Fsp3) is 0.200. The highest BCUT2D eigenvalue weighted by Gasteiger charge is 2.22. The Labute approximate surface area is 156 Å². The van der Waals surface area contributed by atoms with E-state index in [-0.39, 0.29) is 5.91 Å². The summed E-state index contributed by atoms with van der Waals surface area (Å²) >= 11 is 1.53. The first-order valence-corrected chi connectivity index (χ1v) is 9.36. The van der Waals surface area contributed by atoms with Crippen LogP contribution >= 0.6 is 11.3 Å². The van der Waals surface area contributed by atoms with Crippen LogP contribution in [-0.2, 0) is 4.74 Å². The second-order valence-corrected chi connectivity index (χ2v) is 7.02. The lowest BCUT2D eigenvalue weighted by molar-refractivity contribution is 0.103. The van der Waals surface area contributed by atoms with E-state index in [1.807, 2.05) is 30.3 Å². The van der Waals surface area contributed by atoms with Crippen LogP contribution in [0.4, 0.5) is 10.7 Å². The largest absolute Gasteiger partial charge is 0.378 e. The molecule has 132 valence electrons. The van der Waals surface area contributed by atoms with Crippen LogP contribution in [0.25, 0.3) is 11.1 Å². The summed E-state index contributed by atoms with van der Waals surface area (Å²) in [7, 11) is 0. The fourth-order valence-corrected chi connectivity index (χ4v) is 4.08. The number of ether oxygens (including phenoxy) is 1. The summed E-state index contributed by atoms with van der Waals surface area (Å²) in [6.45, 7) is 3.10. The van der Waals surface area contributed by atoms with Crippen molar-refractivity contribution in [2.24, 2.45) is 0 Å². The third-order valence-corrected chi connectivity index (χ3v) is 5.43. The molecule has 3 heterocycles. The predicted molar refractivity (Wildman–Crippen MR) is 105 cm³/mol. The summed E-state index contributed by atoms with van der Waals surface area (Å²) in [4.78, 5) is 19.8. The van der Waals surface area contributed by atoms with Gasteiger partial charge in [-0.05, 0) is 23.8 Å². The molecule has 5 nitrogen and oxygen atoms in total. The van der Waals surface area contributed by atoms with E-state index in [9.17, 15) is 4.79 Å². The molecule has 26 heavy (non-hydrogen) atoms. The number of morpholine rings is 1. The van der Waals surface area contributed by atoms with Crippen molar-refractivity contribution in [2.75, 3.05) is 36.5 Å². The molecule has 0 bridgehead atoms. The number of amides is 1. The van der Waals surface area contributed by atoms with Crippen LogP contribution in [0.2, 0.25) is 0 Å². The topological polar surface area (TPSA) is 54.5 Å². The first-order valence-electron chi connectivity index (χ1n) is 8.54. The molecule has 0 atom stereocenters. The van der Waals surface area contributed by atoms with Crippen molar-refractivity contribution in [3.63, 3.8) is 0 Å². The molecule has 0 saturated carbocycles. The first kappa shape index (κ1) is 16.8. The van der Waals surface area contributed by atoms with E-state index in [1.165, 1.54) is 11.3 Å². The molecule has 0 unspecified atom stereocenters. The minimum absolute atomic E-state index is 0.111. The lowest BCUT2D eigenvalue weighted by Gasteiger charge is -2.28. The minimum Gasteiger partial charge on any atom is -0.378 e. The van der Waals surface area contributed by atoms with E-state index in [0.717, 1.165) is 29.2 Å². The Balaban J connectivity index is 1.67. The third kappa shape index (κ3) is 3.61. The maximum absolute atomic E-state index is 12.7. The summed E-state index contributed by atoms with van der Waals surface area (Å²) in [5.41, 5.74) is 2.90. The smallest absolute Gasteiger partial charge is 0.265 e. The van der Waals surface area contributed by atoms with Gasteiger partial charge in [0.1, 0.15) is 0 Å². The molecular weight excluding hydrogens is 346 g/mol. The zero-order valence-corrected chi connectivity index (χ0v) is 15.0. The highest BCUT2D eigenvalue weighted by molar-refractivity contribution is 7.18. The van der Waals surface area contributed by atoms with Gasteiger partial charge in [-0.3, -0.25) is 9.78 Å². The van der Waals surface area contributed by atoms with Crippen LogP contribution in [0.3, 0.4) is 0 Å². The Kier molecular flexibility index (Phi) is 4.95. The van der Waals surface area contributed by atoms with Crippen LogP contribution in [0.5, 0.6) is 0 Å². The quantitative estimate of drug-likeness (QED) is 0.762.